The second-order valence-electron chi connectivity index (χ2n) is 9.56. The van der Waals surface area contributed by atoms with Crippen molar-refractivity contribution in [3.8, 4) is 11.1 Å². The van der Waals surface area contributed by atoms with E-state index in [1.165, 1.54) is 17.4 Å². The van der Waals surface area contributed by atoms with Crippen LogP contribution in [-0.2, 0) is 11.2 Å². The molecular weight excluding hydrogens is 504 g/mol. The van der Waals surface area contributed by atoms with E-state index in [1.807, 2.05) is 48.5 Å². The summed E-state index contributed by atoms with van der Waals surface area (Å²) in [4.78, 5) is 44.8. The molecule has 3 N–H and O–H groups in total. The predicted octanol–water partition coefficient (Wildman–Crippen LogP) is 4.03. The molecule has 1 aliphatic carbocycles. The van der Waals surface area contributed by atoms with Gasteiger partial charge in [-0.3, -0.25) is 24.5 Å². The quantitative estimate of drug-likeness (QED) is 0.292. The normalized spacial score (nSPS) is 16.6. The zero-order valence-electron chi connectivity index (χ0n) is 21.4. The smallest absolute Gasteiger partial charge is 0.279 e. The molecule has 3 atom stereocenters. The van der Waals surface area contributed by atoms with Crippen LogP contribution in [-0.4, -0.2) is 43.0 Å². The lowest BCUT2D eigenvalue weighted by molar-refractivity contribution is -0.124. The minimum absolute atomic E-state index is 0.158. The number of benzene rings is 2. The van der Waals surface area contributed by atoms with Crippen LogP contribution in [0.1, 0.15) is 39.3 Å². The number of rotatable bonds is 7. The third-order valence-electron chi connectivity index (χ3n) is 7.10. The summed E-state index contributed by atoms with van der Waals surface area (Å²) in [6.45, 7) is 0. The number of pyridine rings is 2. The first-order chi connectivity index (χ1) is 19.6. The van der Waals surface area contributed by atoms with Crippen LogP contribution in [0.5, 0.6) is 0 Å². The maximum Gasteiger partial charge on any atom is 0.279 e. The fraction of sp³-hybridized carbons (Fsp3) is 0.129. The summed E-state index contributed by atoms with van der Waals surface area (Å²) in [7, 11) is 0. The Morgan fingerprint density at radius 3 is 2.42 bits per heavy atom. The van der Waals surface area contributed by atoms with E-state index in [-0.39, 0.29) is 5.69 Å². The zero-order valence-corrected chi connectivity index (χ0v) is 21.4. The largest absolute Gasteiger partial charge is 0.390 e. The molecule has 40 heavy (non-hydrogen) atoms. The van der Waals surface area contributed by atoms with Gasteiger partial charge in [-0.1, -0.05) is 42.5 Å². The minimum Gasteiger partial charge on any atom is -0.390 e. The molecule has 2 amide bonds. The van der Waals surface area contributed by atoms with Gasteiger partial charge in [0.05, 0.1) is 18.5 Å². The molecule has 0 aliphatic heterocycles. The second kappa shape index (κ2) is 10.9. The molecule has 0 saturated carbocycles. The van der Waals surface area contributed by atoms with Gasteiger partial charge in [0.1, 0.15) is 11.7 Å². The minimum atomic E-state index is -1.09. The standard InChI is InChI=1S/C31H26N6O3/c38-27-16-22-4-1-2-6-25(22)28(27)36-30(39)29(23-5-3-13-33-17-23)37(31(40)26-18-34-19-35-26)24-9-7-20(8-10-24)21-11-14-32-15-12-21/h1-15,17-19,27-29,38H,16H2,(H,34,35)(H,36,39)/t27-,28+,29?/m0/s1. The number of nitrogens with zero attached hydrogens (tertiary/aromatic N) is 4. The Hall–Kier alpha value is -5.15. The van der Waals surface area contributed by atoms with Gasteiger partial charge in [-0.05, 0) is 52.6 Å². The number of aliphatic hydroxyl groups is 1. The molecule has 0 bridgehead atoms. The lowest BCUT2D eigenvalue weighted by Crippen LogP contribution is -2.46. The van der Waals surface area contributed by atoms with Crippen molar-refractivity contribution in [2.75, 3.05) is 4.90 Å². The van der Waals surface area contributed by atoms with E-state index in [9.17, 15) is 14.7 Å². The summed E-state index contributed by atoms with van der Waals surface area (Å²) in [6, 6.07) is 20.6. The zero-order chi connectivity index (χ0) is 27.5. The van der Waals surface area contributed by atoms with E-state index in [4.69, 9.17) is 0 Å². The van der Waals surface area contributed by atoms with Gasteiger partial charge < -0.3 is 15.4 Å². The first-order valence-corrected chi connectivity index (χ1v) is 12.9. The molecule has 0 saturated heterocycles. The molecule has 0 fully saturated rings. The Bertz CT molecular complexity index is 1610. The molecule has 0 radical (unpaired) electrons. The van der Waals surface area contributed by atoms with E-state index in [2.05, 4.69) is 25.3 Å². The highest BCUT2D eigenvalue weighted by atomic mass is 16.3. The molecule has 6 rings (SSSR count). The van der Waals surface area contributed by atoms with Gasteiger partial charge in [0.15, 0.2) is 0 Å². The summed E-state index contributed by atoms with van der Waals surface area (Å²) in [6.07, 6.45) is 9.18. The Labute approximate surface area is 230 Å². The van der Waals surface area contributed by atoms with Crippen molar-refractivity contribution in [2.24, 2.45) is 0 Å². The SMILES string of the molecule is O=C(N[C@@H]1c2ccccc2C[C@@H]1O)C(c1cccnc1)N(C(=O)c1c[nH]cn1)c1ccc(-c2ccncc2)cc1. The van der Waals surface area contributed by atoms with Crippen molar-refractivity contribution in [1.82, 2.24) is 25.3 Å². The van der Waals surface area contributed by atoms with Gasteiger partial charge in [-0.15, -0.1) is 0 Å². The maximum absolute atomic E-state index is 14.2. The van der Waals surface area contributed by atoms with Crippen LogP contribution < -0.4 is 10.2 Å². The number of nitrogens with one attached hydrogen (secondary N) is 2. The Balaban J connectivity index is 1.42. The van der Waals surface area contributed by atoms with E-state index in [1.54, 1.807) is 49.1 Å². The number of H-pyrrole nitrogens is 1. The number of aromatic amines is 1. The van der Waals surface area contributed by atoms with Gasteiger partial charge in [0.2, 0.25) is 5.91 Å². The number of amides is 2. The summed E-state index contributed by atoms with van der Waals surface area (Å²) in [5, 5.41) is 13.9. The number of anilines is 1. The van der Waals surface area contributed by atoms with Crippen molar-refractivity contribution in [1.29, 1.82) is 0 Å². The fourth-order valence-electron chi connectivity index (χ4n) is 5.18. The number of fused-ring (bicyclic) bond motifs is 1. The molecule has 9 nitrogen and oxygen atoms in total. The number of aliphatic hydroxyl groups excluding tert-OH is 1. The van der Waals surface area contributed by atoms with E-state index in [0.29, 0.717) is 17.7 Å². The first kappa shape index (κ1) is 25.1. The van der Waals surface area contributed by atoms with Gasteiger partial charge in [-0.25, -0.2) is 4.98 Å². The third kappa shape index (κ3) is 4.85. The Morgan fingerprint density at radius 2 is 1.70 bits per heavy atom. The van der Waals surface area contributed by atoms with Crippen molar-refractivity contribution in [2.45, 2.75) is 24.6 Å². The lowest BCUT2D eigenvalue weighted by Gasteiger charge is -2.32. The average Bonchev–Trinajstić information content (AvgIpc) is 3.65. The van der Waals surface area contributed by atoms with Crippen LogP contribution in [0.25, 0.3) is 11.1 Å². The number of aromatic nitrogens is 4. The number of hydrogen-bond donors (Lipinski definition) is 3. The molecule has 3 heterocycles. The summed E-state index contributed by atoms with van der Waals surface area (Å²) in [5.41, 5.74) is 4.93. The van der Waals surface area contributed by atoms with Gasteiger partial charge in [0.25, 0.3) is 5.91 Å². The molecule has 1 unspecified atom stereocenters. The van der Waals surface area contributed by atoms with Gasteiger partial charge >= 0.3 is 0 Å². The average molecular weight is 531 g/mol. The highest BCUT2D eigenvalue weighted by Gasteiger charge is 2.38. The van der Waals surface area contributed by atoms with Crippen LogP contribution in [0, 0.1) is 0 Å². The summed E-state index contributed by atoms with van der Waals surface area (Å²) < 4.78 is 0. The lowest BCUT2D eigenvalue weighted by atomic mass is 10.0. The molecule has 1 aliphatic rings. The van der Waals surface area contributed by atoms with Crippen LogP contribution in [0.2, 0.25) is 0 Å². The van der Waals surface area contributed by atoms with Gasteiger partial charge in [-0.2, -0.15) is 0 Å². The van der Waals surface area contributed by atoms with Crippen molar-refractivity contribution >= 4 is 17.5 Å². The molecule has 3 aromatic heterocycles. The van der Waals surface area contributed by atoms with Crippen LogP contribution >= 0.6 is 0 Å². The van der Waals surface area contributed by atoms with E-state index < -0.39 is 30.0 Å². The van der Waals surface area contributed by atoms with Crippen molar-refractivity contribution in [3.05, 3.63) is 132 Å². The molecular formula is C31H26N6O3. The molecule has 198 valence electrons. The van der Waals surface area contributed by atoms with E-state index in [0.717, 1.165) is 22.3 Å². The highest BCUT2D eigenvalue weighted by Crippen LogP contribution is 2.35. The van der Waals surface area contributed by atoms with Gasteiger partial charge in [0, 0.05) is 48.7 Å². The topological polar surface area (TPSA) is 124 Å². The Kier molecular flexibility index (Phi) is 6.86. The molecule has 5 aromatic rings. The van der Waals surface area contributed by atoms with Crippen LogP contribution in [0.15, 0.2) is 110 Å². The predicted molar refractivity (Wildman–Crippen MR) is 149 cm³/mol. The highest BCUT2D eigenvalue weighted by molar-refractivity contribution is 6.09. The van der Waals surface area contributed by atoms with Crippen molar-refractivity contribution < 1.29 is 14.7 Å². The summed E-state index contributed by atoms with van der Waals surface area (Å²) in [5.74, 6) is -0.912. The number of imidazole rings is 1. The van der Waals surface area contributed by atoms with E-state index >= 15 is 0 Å². The fourth-order valence-corrected chi connectivity index (χ4v) is 5.18. The molecule has 0 spiro atoms. The Morgan fingerprint density at radius 1 is 0.925 bits per heavy atom. The van der Waals surface area contributed by atoms with Crippen molar-refractivity contribution in [3.63, 3.8) is 0 Å². The van der Waals surface area contributed by atoms with Crippen LogP contribution in [0.3, 0.4) is 0 Å². The molecule has 9 heteroatoms. The number of carbonyl (C=O) groups excluding carboxylic acids is 2. The number of carbonyl (C=O) groups is 2. The second-order valence-corrected chi connectivity index (χ2v) is 9.56. The first-order valence-electron chi connectivity index (χ1n) is 12.9. The van der Waals surface area contributed by atoms with Crippen LogP contribution in [0.4, 0.5) is 5.69 Å². The maximum atomic E-state index is 14.2. The molecule has 2 aromatic carbocycles. The third-order valence-corrected chi connectivity index (χ3v) is 7.10. The summed E-state index contributed by atoms with van der Waals surface area (Å²) >= 11 is 0. The monoisotopic (exact) mass is 530 g/mol. The number of hydrogen-bond acceptors (Lipinski definition) is 6.